The Balaban J connectivity index is 1.63. The maximum absolute atomic E-state index is 13.1. The van der Waals surface area contributed by atoms with E-state index in [0.29, 0.717) is 16.6 Å². The van der Waals surface area contributed by atoms with Gasteiger partial charge < -0.3 is 10.2 Å². The molecule has 0 radical (unpaired) electrons. The van der Waals surface area contributed by atoms with E-state index in [9.17, 15) is 4.79 Å². The van der Waals surface area contributed by atoms with E-state index in [2.05, 4.69) is 15.6 Å². The van der Waals surface area contributed by atoms with Crippen LogP contribution < -0.4 is 5.32 Å². The zero-order chi connectivity index (χ0) is 20.4. The molecule has 7 heteroatoms. The van der Waals surface area contributed by atoms with Gasteiger partial charge in [0.2, 0.25) is 0 Å². The van der Waals surface area contributed by atoms with Crippen LogP contribution in [0.3, 0.4) is 0 Å². The predicted octanol–water partition coefficient (Wildman–Crippen LogP) is 4.85. The topological polar surface area (TPSA) is 68.5 Å². The average Bonchev–Trinajstić information content (AvgIpc) is 3.53. The number of anilines is 1. The van der Waals surface area contributed by atoms with Gasteiger partial charge >= 0.3 is 0 Å². The molecule has 1 amide bonds. The maximum Gasteiger partial charge on any atom is 0.260 e. The molecule has 6 nitrogen and oxygen atoms in total. The molecule has 0 saturated heterocycles. The van der Waals surface area contributed by atoms with Crippen LogP contribution in [-0.4, -0.2) is 29.0 Å². The van der Waals surface area contributed by atoms with E-state index in [1.807, 2.05) is 48.5 Å². The number of rotatable bonds is 6. The fraction of sp³-hybridized carbons (Fsp3) is 0.227. The molecule has 0 unspecified atom stereocenters. The first-order chi connectivity index (χ1) is 14.1. The smallest absolute Gasteiger partial charge is 0.260 e. The molecule has 1 aliphatic rings. The molecule has 4 rings (SSSR count). The summed E-state index contributed by atoms with van der Waals surface area (Å²) in [4.78, 5) is 17.8. The second-order valence-electron chi connectivity index (χ2n) is 6.99. The van der Waals surface area contributed by atoms with Crippen molar-refractivity contribution >= 4 is 29.4 Å². The van der Waals surface area contributed by atoms with Gasteiger partial charge in [0.15, 0.2) is 0 Å². The molecule has 0 spiro atoms. The molecule has 3 aromatic rings. The highest BCUT2D eigenvalue weighted by molar-refractivity contribution is 6.33. The number of carbonyl (C=O) groups is 1. The van der Waals surface area contributed by atoms with Crippen LogP contribution in [0.2, 0.25) is 5.15 Å². The molecule has 2 aromatic carbocycles. The van der Waals surface area contributed by atoms with Crippen molar-refractivity contribution in [3.63, 3.8) is 0 Å². The molecular formula is C22H21ClN4O2. The van der Waals surface area contributed by atoms with Gasteiger partial charge in [-0.25, -0.2) is 0 Å². The van der Waals surface area contributed by atoms with E-state index in [-0.39, 0.29) is 5.91 Å². The van der Waals surface area contributed by atoms with Crippen LogP contribution in [0.4, 0.5) is 5.69 Å². The van der Waals surface area contributed by atoms with E-state index in [0.717, 1.165) is 40.9 Å². The lowest BCUT2D eigenvalue weighted by atomic mass is 10.0. The third kappa shape index (κ3) is 4.03. The number of aryl methyl sites for hydroxylation is 1. The molecule has 148 valence electrons. The molecule has 0 aliphatic heterocycles. The van der Waals surface area contributed by atoms with Gasteiger partial charge in [0.05, 0.1) is 11.9 Å². The average molecular weight is 409 g/mol. The molecule has 1 N–H and O–H groups in total. The van der Waals surface area contributed by atoms with E-state index in [4.69, 9.17) is 16.4 Å². The molecule has 1 saturated carbocycles. The molecule has 29 heavy (non-hydrogen) atoms. The Morgan fingerprint density at radius 1 is 1.24 bits per heavy atom. The number of nitrogens with one attached hydrogen (secondary N) is 1. The number of amides is 1. The molecule has 1 aliphatic carbocycles. The summed E-state index contributed by atoms with van der Waals surface area (Å²) in [6.45, 7) is 0. The van der Waals surface area contributed by atoms with Gasteiger partial charge in [-0.3, -0.25) is 9.48 Å². The van der Waals surface area contributed by atoms with Gasteiger partial charge in [-0.1, -0.05) is 59.2 Å². The third-order valence-electron chi connectivity index (χ3n) is 4.90. The minimum absolute atomic E-state index is 0.235. The Morgan fingerprint density at radius 3 is 2.66 bits per heavy atom. The second kappa shape index (κ2) is 8.09. The van der Waals surface area contributed by atoms with Crippen molar-refractivity contribution in [2.24, 2.45) is 12.2 Å². The standard InChI is InChI=1S/C22H21ClN4O2/c1-27-21(23)19(20(26-27)16-11-12-16)22(28)25-18-6-4-3-5-17(18)15-9-7-14(8-10-15)13-24-29-2/h3-10,13,16H,11-12H2,1-2H3,(H,25,28). The Kier molecular flexibility index (Phi) is 5.36. The highest BCUT2D eigenvalue weighted by atomic mass is 35.5. The highest BCUT2D eigenvalue weighted by Gasteiger charge is 2.33. The number of halogens is 1. The van der Waals surface area contributed by atoms with Gasteiger partial charge in [0.1, 0.15) is 17.8 Å². The van der Waals surface area contributed by atoms with Crippen molar-refractivity contribution in [2.75, 3.05) is 12.4 Å². The van der Waals surface area contributed by atoms with Gasteiger partial charge in [0.25, 0.3) is 5.91 Å². The number of para-hydroxylation sites is 1. The summed E-state index contributed by atoms with van der Waals surface area (Å²) in [5.41, 5.74) is 4.80. The van der Waals surface area contributed by atoms with Crippen molar-refractivity contribution < 1.29 is 9.63 Å². The van der Waals surface area contributed by atoms with E-state index in [1.54, 1.807) is 17.9 Å². The van der Waals surface area contributed by atoms with E-state index >= 15 is 0 Å². The van der Waals surface area contributed by atoms with Crippen molar-refractivity contribution in [2.45, 2.75) is 18.8 Å². The molecular weight excluding hydrogens is 388 g/mol. The zero-order valence-corrected chi connectivity index (χ0v) is 17.0. The predicted molar refractivity (Wildman–Crippen MR) is 115 cm³/mol. The van der Waals surface area contributed by atoms with Gasteiger partial charge in [0, 0.05) is 24.2 Å². The van der Waals surface area contributed by atoms with Crippen LogP contribution in [0.1, 0.15) is 40.4 Å². The maximum atomic E-state index is 13.1. The molecule has 0 bridgehead atoms. The Labute approximate surface area is 174 Å². The molecule has 1 fully saturated rings. The summed E-state index contributed by atoms with van der Waals surface area (Å²) >= 11 is 6.38. The van der Waals surface area contributed by atoms with Crippen LogP contribution in [0, 0.1) is 0 Å². The highest BCUT2D eigenvalue weighted by Crippen LogP contribution is 2.42. The van der Waals surface area contributed by atoms with Crippen LogP contribution in [0.15, 0.2) is 53.7 Å². The number of hydrogen-bond donors (Lipinski definition) is 1. The SMILES string of the molecule is CON=Cc1ccc(-c2ccccc2NC(=O)c2c(C3CC3)nn(C)c2Cl)cc1. The van der Waals surface area contributed by atoms with E-state index < -0.39 is 0 Å². The zero-order valence-electron chi connectivity index (χ0n) is 16.2. The minimum Gasteiger partial charge on any atom is -0.399 e. The van der Waals surface area contributed by atoms with Gasteiger partial charge in [-0.15, -0.1) is 0 Å². The number of benzene rings is 2. The number of carbonyl (C=O) groups excluding carboxylic acids is 1. The fourth-order valence-electron chi connectivity index (χ4n) is 3.27. The number of oxime groups is 1. The Hall–Kier alpha value is -3.12. The quantitative estimate of drug-likeness (QED) is 0.468. The molecule has 0 atom stereocenters. The van der Waals surface area contributed by atoms with E-state index in [1.165, 1.54) is 7.11 Å². The number of hydrogen-bond acceptors (Lipinski definition) is 4. The molecule has 1 aromatic heterocycles. The van der Waals surface area contributed by atoms with Gasteiger partial charge in [-0.2, -0.15) is 5.10 Å². The summed E-state index contributed by atoms with van der Waals surface area (Å²) in [5, 5.41) is 11.6. The van der Waals surface area contributed by atoms with Crippen molar-refractivity contribution in [1.29, 1.82) is 0 Å². The van der Waals surface area contributed by atoms with Crippen LogP contribution in [0.25, 0.3) is 11.1 Å². The lowest BCUT2D eigenvalue weighted by Gasteiger charge is -2.12. The van der Waals surface area contributed by atoms with Crippen molar-refractivity contribution in [1.82, 2.24) is 9.78 Å². The summed E-state index contributed by atoms with van der Waals surface area (Å²) in [7, 11) is 3.26. The first-order valence-corrected chi connectivity index (χ1v) is 9.76. The van der Waals surface area contributed by atoms with Crippen LogP contribution in [-0.2, 0) is 11.9 Å². The number of nitrogens with zero attached hydrogens (tertiary/aromatic N) is 3. The fourth-order valence-corrected chi connectivity index (χ4v) is 3.49. The lowest BCUT2D eigenvalue weighted by Crippen LogP contribution is -2.14. The summed E-state index contributed by atoms with van der Waals surface area (Å²) in [6.07, 6.45) is 3.73. The lowest BCUT2D eigenvalue weighted by molar-refractivity contribution is 0.102. The summed E-state index contributed by atoms with van der Waals surface area (Å²) in [5.74, 6) is 0.0901. The van der Waals surface area contributed by atoms with Crippen LogP contribution in [0.5, 0.6) is 0 Å². The normalized spacial score (nSPS) is 13.6. The number of aromatic nitrogens is 2. The third-order valence-corrected chi connectivity index (χ3v) is 5.33. The Morgan fingerprint density at radius 2 is 1.97 bits per heavy atom. The first kappa shape index (κ1) is 19.2. The van der Waals surface area contributed by atoms with Crippen LogP contribution >= 0.6 is 11.6 Å². The van der Waals surface area contributed by atoms with Crippen molar-refractivity contribution in [3.05, 3.63) is 70.5 Å². The Bertz CT molecular complexity index is 1070. The van der Waals surface area contributed by atoms with Gasteiger partial charge in [-0.05, 0) is 30.0 Å². The van der Waals surface area contributed by atoms with Crippen molar-refractivity contribution in [3.8, 4) is 11.1 Å². The summed E-state index contributed by atoms with van der Waals surface area (Å²) in [6, 6.07) is 15.5. The molecule has 1 heterocycles. The second-order valence-corrected chi connectivity index (χ2v) is 7.35. The summed E-state index contributed by atoms with van der Waals surface area (Å²) < 4.78 is 1.57. The monoisotopic (exact) mass is 408 g/mol. The first-order valence-electron chi connectivity index (χ1n) is 9.38. The largest absolute Gasteiger partial charge is 0.399 e. The minimum atomic E-state index is -0.235.